The van der Waals surface area contributed by atoms with E-state index in [0.29, 0.717) is 6.61 Å². The predicted molar refractivity (Wildman–Crippen MR) is 95.0 cm³/mol. The molecular weight excluding hydrogens is 322 g/mol. The molecule has 0 spiro atoms. The average Bonchev–Trinajstić information content (AvgIpc) is 2.66. The molecule has 1 saturated heterocycles. The summed E-state index contributed by atoms with van der Waals surface area (Å²) >= 11 is 0. The van der Waals surface area contributed by atoms with Crippen LogP contribution in [-0.2, 0) is 6.61 Å². The summed E-state index contributed by atoms with van der Waals surface area (Å²) in [4.78, 5) is 2.14. The number of ether oxygens (including phenoxy) is 1. The second-order valence-corrected chi connectivity index (χ2v) is 6.28. The molecule has 2 aromatic carbocycles. The van der Waals surface area contributed by atoms with E-state index in [2.05, 4.69) is 10.2 Å². The van der Waals surface area contributed by atoms with Crippen LogP contribution in [0.2, 0.25) is 0 Å². The molecule has 5 heteroatoms. The molecule has 3 rings (SSSR count). The van der Waals surface area contributed by atoms with E-state index in [-0.39, 0.29) is 12.5 Å². The van der Waals surface area contributed by atoms with Gasteiger partial charge in [0.15, 0.2) is 0 Å². The van der Waals surface area contributed by atoms with Crippen molar-refractivity contribution in [2.24, 2.45) is 0 Å². The third kappa shape index (κ3) is 5.25. The lowest BCUT2D eigenvalue weighted by Gasteiger charge is -2.35. The summed E-state index contributed by atoms with van der Waals surface area (Å²) in [5.74, 6) is 0.718. The van der Waals surface area contributed by atoms with Crippen LogP contribution < -0.4 is 10.1 Å². The number of piperazine rings is 1. The maximum atomic E-state index is 13.1. The molecule has 3 nitrogen and oxygen atoms in total. The zero-order valence-electron chi connectivity index (χ0n) is 14.2. The molecule has 0 radical (unpaired) electrons. The highest BCUT2D eigenvalue weighted by atomic mass is 19.3. The Balaban J connectivity index is 1.72. The fraction of sp³-hybridized carbons (Fsp3) is 0.400. The van der Waals surface area contributed by atoms with Crippen LogP contribution >= 0.6 is 0 Å². The SMILES string of the molecule is FC(F)C[C@@H](c1cccc(OCc2ccccc2)c1)N1CCNCC1. The number of rotatable bonds is 7. The Labute approximate surface area is 147 Å². The van der Waals surface area contributed by atoms with E-state index in [1.54, 1.807) is 0 Å². The lowest BCUT2D eigenvalue weighted by Crippen LogP contribution is -2.45. The molecule has 0 aromatic heterocycles. The molecule has 0 saturated carbocycles. The number of hydrogen-bond donors (Lipinski definition) is 1. The van der Waals surface area contributed by atoms with Crippen molar-refractivity contribution in [2.75, 3.05) is 26.2 Å². The van der Waals surface area contributed by atoms with Gasteiger partial charge in [0.2, 0.25) is 6.43 Å². The van der Waals surface area contributed by atoms with Gasteiger partial charge in [-0.2, -0.15) is 0 Å². The van der Waals surface area contributed by atoms with Crippen molar-refractivity contribution in [3.05, 3.63) is 65.7 Å². The lowest BCUT2D eigenvalue weighted by atomic mass is 10.0. The minimum Gasteiger partial charge on any atom is -0.489 e. The van der Waals surface area contributed by atoms with Gasteiger partial charge in [0.05, 0.1) is 0 Å². The third-order valence-corrected chi connectivity index (χ3v) is 4.48. The third-order valence-electron chi connectivity index (χ3n) is 4.48. The van der Waals surface area contributed by atoms with Crippen LogP contribution in [0.4, 0.5) is 8.78 Å². The van der Waals surface area contributed by atoms with Gasteiger partial charge in [0.25, 0.3) is 0 Å². The summed E-state index contributed by atoms with van der Waals surface area (Å²) in [6, 6.07) is 17.2. The van der Waals surface area contributed by atoms with E-state index in [1.807, 2.05) is 54.6 Å². The molecule has 1 N–H and O–H groups in total. The van der Waals surface area contributed by atoms with E-state index in [0.717, 1.165) is 43.1 Å². The first-order valence-electron chi connectivity index (χ1n) is 8.72. The van der Waals surface area contributed by atoms with Crippen molar-refractivity contribution in [1.82, 2.24) is 10.2 Å². The number of benzene rings is 2. The standard InChI is InChI=1S/C20H24F2N2O/c21-20(22)14-19(24-11-9-23-10-12-24)17-7-4-8-18(13-17)25-15-16-5-2-1-3-6-16/h1-8,13,19-20,23H,9-12,14-15H2/t19-/m0/s1. The number of nitrogens with one attached hydrogen (secondary N) is 1. The quantitative estimate of drug-likeness (QED) is 0.824. The first kappa shape index (κ1) is 17.8. The Hall–Kier alpha value is -1.98. The van der Waals surface area contributed by atoms with Gasteiger partial charge in [-0.3, -0.25) is 4.90 Å². The highest BCUT2D eigenvalue weighted by Gasteiger charge is 2.25. The fourth-order valence-corrected chi connectivity index (χ4v) is 3.21. The summed E-state index contributed by atoms with van der Waals surface area (Å²) in [6.45, 7) is 3.71. The largest absolute Gasteiger partial charge is 0.489 e. The second kappa shape index (κ2) is 8.92. The van der Waals surface area contributed by atoms with Gasteiger partial charge in [-0.25, -0.2) is 8.78 Å². The first-order valence-corrected chi connectivity index (χ1v) is 8.72. The molecule has 0 bridgehead atoms. The highest BCUT2D eigenvalue weighted by molar-refractivity contribution is 5.31. The Morgan fingerprint density at radius 2 is 1.76 bits per heavy atom. The topological polar surface area (TPSA) is 24.5 Å². The van der Waals surface area contributed by atoms with Crippen molar-refractivity contribution in [2.45, 2.75) is 25.5 Å². The fourth-order valence-electron chi connectivity index (χ4n) is 3.21. The van der Waals surface area contributed by atoms with Gasteiger partial charge in [-0.15, -0.1) is 0 Å². The second-order valence-electron chi connectivity index (χ2n) is 6.28. The molecule has 0 unspecified atom stereocenters. The van der Waals surface area contributed by atoms with Crippen LogP contribution in [0.15, 0.2) is 54.6 Å². The van der Waals surface area contributed by atoms with E-state index >= 15 is 0 Å². The van der Waals surface area contributed by atoms with E-state index in [1.165, 1.54) is 0 Å². The van der Waals surface area contributed by atoms with Gasteiger partial charge in [-0.05, 0) is 23.3 Å². The van der Waals surface area contributed by atoms with Crippen molar-refractivity contribution in [1.29, 1.82) is 0 Å². The minimum absolute atomic E-state index is 0.151. The van der Waals surface area contributed by atoms with E-state index in [9.17, 15) is 8.78 Å². The first-order chi connectivity index (χ1) is 12.2. The van der Waals surface area contributed by atoms with Crippen LogP contribution in [0, 0.1) is 0 Å². The van der Waals surface area contributed by atoms with Crippen LogP contribution in [-0.4, -0.2) is 37.5 Å². The molecule has 1 atom stereocenters. The molecule has 134 valence electrons. The van der Waals surface area contributed by atoms with E-state index in [4.69, 9.17) is 4.74 Å². The summed E-state index contributed by atoms with van der Waals surface area (Å²) in [6.07, 6.45) is -2.48. The Bertz CT molecular complexity index is 645. The van der Waals surface area contributed by atoms with Crippen LogP contribution in [0.1, 0.15) is 23.6 Å². The van der Waals surface area contributed by atoms with Crippen LogP contribution in [0.25, 0.3) is 0 Å². The monoisotopic (exact) mass is 346 g/mol. The zero-order chi connectivity index (χ0) is 17.5. The normalized spacial score (nSPS) is 16.8. The number of alkyl halides is 2. The van der Waals surface area contributed by atoms with Crippen molar-refractivity contribution >= 4 is 0 Å². The molecule has 1 heterocycles. The summed E-state index contributed by atoms with van der Waals surface area (Å²) in [5, 5.41) is 3.27. The van der Waals surface area contributed by atoms with Gasteiger partial charge in [-0.1, -0.05) is 42.5 Å². The van der Waals surface area contributed by atoms with Gasteiger partial charge >= 0.3 is 0 Å². The van der Waals surface area contributed by atoms with Crippen LogP contribution in [0.3, 0.4) is 0 Å². The van der Waals surface area contributed by atoms with Crippen molar-refractivity contribution in [3.63, 3.8) is 0 Å². The van der Waals surface area contributed by atoms with Crippen molar-refractivity contribution < 1.29 is 13.5 Å². The number of hydrogen-bond acceptors (Lipinski definition) is 3. The number of halogens is 2. The van der Waals surface area contributed by atoms with E-state index < -0.39 is 6.43 Å². The van der Waals surface area contributed by atoms with Gasteiger partial charge in [0, 0.05) is 38.6 Å². The predicted octanol–water partition coefficient (Wildman–Crippen LogP) is 3.87. The summed E-state index contributed by atoms with van der Waals surface area (Å²) < 4.78 is 32.1. The smallest absolute Gasteiger partial charge is 0.240 e. The Morgan fingerprint density at radius 1 is 1.00 bits per heavy atom. The highest BCUT2D eigenvalue weighted by Crippen LogP contribution is 2.30. The number of nitrogens with zero attached hydrogens (tertiary/aromatic N) is 1. The molecule has 0 amide bonds. The maximum absolute atomic E-state index is 13.1. The van der Waals surface area contributed by atoms with Gasteiger partial charge < -0.3 is 10.1 Å². The lowest BCUT2D eigenvalue weighted by molar-refractivity contribution is 0.0738. The molecule has 2 aromatic rings. The molecule has 0 aliphatic carbocycles. The summed E-state index contributed by atoms with van der Waals surface area (Å²) in [7, 11) is 0. The van der Waals surface area contributed by atoms with Crippen LogP contribution in [0.5, 0.6) is 5.75 Å². The minimum atomic E-state index is -2.33. The summed E-state index contributed by atoms with van der Waals surface area (Å²) in [5.41, 5.74) is 1.98. The molecule has 25 heavy (non-hydrogen) atoms. The molecule has 1 fully saturated rings. The maximum Gasteiger partial charge on any atom is 0.240 e. The molecule has 1 aliphatic rings. The Kier molecular flexibility index (Phi) is 6.36. The van der Waals surface area contributed by atoms with Crippen molar-refractivity contribution in [3.8, 4) is 5.75 Å². The molecule has 1 aliphatic heterocycles. The zero-order valence-corrected chi connectivity index (χ0v) is 14.2. The Morgan fingerprint density at radius 3 is 2.48 bits per heavy atom. The van der Waals surface area contributed by atoms with Gasteiger partial charge in [0.1, 0.15) is 12.4 Å². The average molecular weight is 346 g/mol. The molecular formula is C20H24F2N2O.